The van der Waals surface area contributed by atoms with E-state index in [1.807, 2.05) is 0 Å². The summed E-state index contributed by atoms with van der Waals surface area (Å²) in [5, 5.41) is 0. The van der Waals surface area contributed by atoms with E-state index in [9.17, 15) is 0 Å². The molecule has 1 aromatic carbocycles. The van der Waals surface area contributed by atoms with E-state index in [0.29, 0.717) is 0 Å². The molecule has 1 nitrogen and oxygen atoms in total. The Bertz CT molecular complexity index is 451. The first-order valence-electron chi connectivity index (χ1n) is 9.68. The van der Waals surface area contributed by atoms with Crippen molar-refractivity contribution in [2.75, 3.05) is 20.6 Å². The van der Waals surface area contributed by atoms with E-state index < -0.39 is 0 Å². The van der Waals surface area contributed by atoms with Gasteiger partial charge in [0.05, 0.1) is 0 Å². The maximum atomic E-state index is 2.64. The molecule has 0 aliphatic heterocycles. The predicted octanol–water partition coefficient (Wildman–Crippen LogP) is 6.05. The molecule has 3 rings (SSSR count). The Morgan fingerprint density at radius 2 is 1.46 bits per heavy atom. The minimum Gasteiger partial charge on any atom is -0.358 e. The zero-order chi connectivity index (χ0) is 15.4. The topological polar surface area (TPSA) is 3.24 Å². The average Bonchev–Trinajstić information content (AvgIpc) is 2.99. The van der Waals surface area contributed by atoms with Crippen molar-refractivity contribution in [1.82, 2.24) is 4.90 Å². The summed E-state index contributed by atoms with van der Waals surface area (Å²) in [5.74, 6) is 1.73. The summed E-state index contributed by atoms with van der Waals surface area (Å²) < 4.78 is 0. The van der Waals surface area contributed by atoms with Gasteiger partial charge in [-0.25, -0.2) is 6.07 Å². The first kappa shape index (κ1) is 22.1. The zero-order valence-electron chi connectivity index (χ0n) is 16.2. The van der Waals surface area contributed by atoms with E-state index in [4.69, 9.17) is 0 Å². The van der Waals surface area contributed by atoms with Gasteiger partial charge in [0.25, 0.3) is 0 Å². The zero-order valence-corrected chi connectivity index (χ0v) is 17.8. The van der Waals surface area contributed by atoms with Crippen molar-refractivity contribution in [3.63, 3.8) is 0 Å². The Kier molecular flexibility index (Phi) is 10.0. The predicted molar refractivity (Wildman–Crippen MR) is 102 cm³/mol. The second-order valence-corrected chi connectivity index (χ2v) is 7.99. The second kappa shape index (κ2) is 10.9. The van der Waals surface area contributed by atoms with Crippen molar-refractivity contribution in [3.05, 3.63) is 36.2 Å². The molecule has 0 N–H and O–H groups in total. The summed E-state index contributed by atoms with van der Waals surface area (Å²) >= 11 is 0. The molecule has 0 bridgehead atoms. The van der Waals surface area contributed by atoms with Crippen LogP contribution in [0, 0.1) is 7.43 Å². The van der Waals surface area contributed by atoms with Crippen LogP contribution in [0.4, 0.5) is 0 Å². The third-order valence-electron chi connectivity index (χ3n) is 5.98. The van der Waals surface area contributed by atoms with Gasteiger partial charge in [0.15, 0.2) is 0 Å². The number of hydrogen-bond acceptors (Lipinski definition) is 1. The van der Waals surface area contributed by atoms with Crippen LogP contribution >= 0.6 is 0 Å². The van der Waals surface area contributed by atoms with Crippen LogP contribution in [0.15, 0.2) is 12.1 Å². The SMILES string of the molecule is CN(C)CC[c-]1cc(C2CCCCC2)cc1C1CCCCC1.[CH3-].[Ti+2]. The molecule has 134 valence electrons. The van der Waals surface area contributed by atoms with E-state index in [-0.39, 0.29) is 29.1 Å². The fourth-order valence-corrected chi connectivity index (χ4v) is 4.62. The molecule has 24 heavy (non-hydrogen) atoms. The molecule has 2 aliphatic carbocycles. The molecule has 0 saturated heterocycles. The molecule has 2 fully saturated rings. The first-order valence-corrected chi connectivity index (χ1v) is 9.68. The summed E-state index contributed by atoms with van der Waals surface area (Å²) in [4.78, 5) is 2.33. The normalized spacial score (nSPS) is 19.8. The minimum atomic E-state index is 0. The van der Waals surface area contributed by atoms with E-state index in [2.05, 4.69) is 31.1 Å². The quantitative estimate of drug-likeness (QED) is 0.454. The Hall–Kier alpha value is 0.0243. The number of rotatable bonds is 5. The van der Waals surface area contributed by atoms with Crippen LogP contribution in [-0.4, -0.2) is 25.5 Å². The van der Waals surface area contributed by atoms with Crippen LogP contribution in [0.1, 0.15) is 92.7 Å². The monoisotopic (exact) mass is 363 g/mol. The van der Waals surface area contributed by atoms with E-state index in [0.717, 1.165) is 11.8 Å². The van der Waals surface area contributed by atoms with Gasteiger partial charge in [-0.05, 0) is 39.4 Å². The van der Waals surface area contributed by atoms with Crippen LogP contribution in [0.25, 0.3) is 0 Å². The van der Waals surface area contributed by atoms with Crippen molar-refractivity contribution in [3.8, 4) is 0 Å². The summed E-state index contributed by atoms with van der Waals surface area (Å²) in [7, 11) is 4.40. The molecule has 0 radical (unpaired) electrons. The summed E-state index contributed by atoms with van der Waals surface area (Å²) in [6.07, 6.45) is 15.7. The van der Waals surface area contributed by atoms with Crippen molar-refractivity contribution >= 4 is 0 Å². The third kappa shape index (κ3) is 5.78. The van der Waals surface area contributed by atoms with E-state index >= 15 is 0 Å². The van der Waals surface area contributed by atoms with Gasteiger partial charge in [-0.1, -0.05) is 63.7 Å². The Balaban J connectivity index is 0.00000144. The minimum absolute atomic E-state index is 0. The molecular weight excluding hydrogens is 326 g/mol. The van der Waals surface area contributed by atoms with Crippen molar-refractivity contribution in [1.29, 1.82) is 0 Å². The molecule has 0 amide bonds. The van der Waals surface area contributed by atoms with Crippen molar-refractivity contribution < 1.29 is 21.7 Å². The average molecular weight is 363 g/mol. The second-order valence-electron chi connectivity index (χ2n) is 7.99. The van der Waals surface area contributed by atoms with Crippen LogP contribution in [0.2, 0.25) is 0 Å². The molecule has 0 spiro atoms. The maximum absolute atomic E-state index is 2.64. The fraction of sp³-hybridized carbons (Fsp3) is 0.727. The van der Waals surface area contributed by atoms with Gasteiger partial charge >= 0.3 is 21.7 Å². The molecular formula is C22H37NTi. The molecule has 1 aromatic rings. The van der Waals surface area contributed by atoms with Crippen LogP contribution in [-0.2, 0) is 28.1 Å². The number of hydrogen-bond donors (Lipinski definition) is 0. The molecule has 2 heteroatoms. The van der Waals surface area contributed by atoms with E-state index in [1.54, 1.807) is 16.7 Å². The summed E-state index contributed by atoms with van der Waals surface area (Å²) in [6.45, 7) is 1.19. The van der Waals surface area contributed by atoms with Gasteiger partial charge in [-0.2, -0.15) is 22.8 Å². The van der Waals surface area contributed by atoms with Crippen molar-refractivity contribution in [2.24, 2.45) is 0 Å². The Labute approximate surface area is 165 Å². The Morgan fingerprint density at radius 1 is 0.917 bits per heavy atom. The standard InChI is InChI=1S/C21H34N.CH3.Ti/c1-22(2)14-13-19-15-20(17-9-5-3-6-10-17)16-21(19)18-11-7-4-8-12-18;;/h15-18H,3-14H2,1-2H3;1H3;/q2*-1;+2. The first-order chi connectivity index (χ1) is 10.7. The number of nitrogens with zero attached hydrogens (tertiary/aromatic N) is 1. The molecule has 0 unspecified atom stereocenters. The maximum Gasteiger partial charge on any atom is 2.00 e. The third-order valence-corrected chi connectivity index (χ3v) is 5.98. The van der Waals surface area contributed by atoms with Gasteiger partial charge in [0, 0.05) is 0 Å². The van der Waals surface area contributed by atoms with Crippen LogP contribution in [0.3, 0.4) is 0 Å². The van der Waals surface area contributed by atoms with Gasteiger partial charge in [-0.15, -0.1) is 0 Å². The van der Waals surface area contributed by atoms with Crippen molar-refractivity contribution in [2.45, 2.75) is 82.5 Å². The summed E-state index contributed by atoms with van der Waals surface area (Å²) in [6, 6.07) is 5.24. The summed E-state index contributed by atoms with van der Waals surface area (Å²) in [5.41, 5.74) is 5.11. The molecule has 2 saturated carbocycles. The van der Waals surface area contributed by atoms with Crippen LogP contribution < -0.4 is 0 Å². The molecule has 0 aromatic heterocycles. The molecule has 0 atom stereocenters. The van der Waals surface area contributed by atoms with Crippen LogP contribution in [0.5, 0.6) is 0 Å². The Morgan fingerprint density at radius 3 is 2.00 bits per heavy atom. The van der Waals surface area contributed by atoms with Gasteiger partial charge in [0.2, 0.25) is 0 Å². The molecule has 2 aliphatic rings. The smallest absolute Gasteiger partial charge is 0.358 e. The van der Waals surface area contributed by atoms with E-state index in [1.165, 1.54) is 77.2 Å². The van der Waals surface area contributed by atoms with Gasteiger partial charge in [-0.3, -0.25) is 0 Å². The van der Waals surface area contributed by atoms with Gasteiger partial charge < -0.3 is 12.3 Å². The number of likely N-dealkylation sites (N-methyl/N-ethyl adjacent to an activating group) is 1. The molecule has 0 heterocycles. The fourth-order valence-electron chi connectivity index (χ4n) is 4.62. The largest absolute Gasteiger partial charge is 2.00 e. The van der Waals surface area contributed by atoms with Gasteiger partial charge in [0.1, 0.15) is 0 Å².